The van der Waals surface area contributed by atoms with E-state index in [9.17, 15) is 0 Å². The van der Waals surface area contributed by atoms with Crippen molar-refractivity contribution >= 4 is 11.6 Å². The summed E-state index contributed by atoms with van der Waals surface area (Å²) in [5.74, 6) is 2.04. The van der Waals surface area contributed by atoms with E-state index in [1.807, 2.05) is 24.0 Å². The van der Waals surface area contributed by atoms with Gasteiger partial charge in [0.1, 0.15) is 18.0 Å². The van der Waals surface area contributed by atoms with E-state index >= 15 is 0 Å². The highest BCUT2D eigenvalue weighted by Gasteiger charge is 2.21. The number of aryl methyl sites for hydroxylation is 1. The van der Waals surface area contributed by atoms with Crippen LogP contribution in [-0.4, -0.2) is 47.7 Å². The average Bonchev–Trinajstić information content (AvgIpc) is 3.08. The Balaban J connectivity index is 1.36. The van der Waals surface area contributed by atoms with Gasteiger partial charge in [-0.25, -0.2) is 15.0 Å². The predicted octanol–water partition coefficient (Wildman–Crippen LogP) is 2.20. The van der Waals surface area contributed by atoms with Crippen LogP contribution in [0.4, 0.5) is 11.6 Å². The van der Waals surface area contributed by atoms with Gasteiger partial charge >= 0.3 is 0 Å². The topological polar surface area (TPSA) is 84.7 Å². The highest BCUT2D eigenvalue weighted by atomic mass is 15.2. The second-order valence-corrected chi connectivity index (χ2v) is 7.08. The Hall–Kier alpha value is -2.87. The molecule has 4 heterocycles. The van der Waals surface area contributed by atoms with Crippen LogP contribution in [-0.2, 0) is 20.0 Å². The first-order valence-corrected chi connectivity index (χ1v) is 9.28. The van der Waals surface area contributed by atoms with Crippen LogP contribution < -0.4 is 5.32 Å². The van der Waals surface area contributed by atoms with Crippen LogP contribution in [0.1, 0.15) is 24.1 Å². The van der Waals surface area contributed by atoms with Gasteiger partial charge < -0.3 is 5.32 Å². The van der Waals surface area contributed by atoms with Gasteiger partial charge in [0, 0.05) is 56.1 Å². The summed E-state index contributed by atoms with van der Waals surface area (Å²) in [5, 5.41) is 7.45. The van der Waals surface area contributed by atoms with Gasteiger partial charge in [-0.1, -0.05) is 0 Å². The van der Waals surface area contributed by atoms with Crippen LogP contribution in [0.5, 0.6) is 0 Å². The Morgan fingerprint density at radius 1 is 1.15 bits per heavy atom. The number of hydrogen-bond acceptors (Lipinski definition) is 7. The SMILES string of the molecule is Cn1cc(CN2CCC[C@H](Cc3cc(Nc4cnccn4)ncn3)C2)cn1. The third-order valence-corrected chi connectivity index (χ3v) is 4.81. The quantitative estimate of drug-likeness (QED) is 0.718. The number of nitrogens with one attached hydrogen (secondary N) is 1. The smallest absolute Gasteiger partial charge is 0.150 e. The van der Waals surface area contributed by atoms with E-state index in [1.54, 1.807) is 24.9 Å². The third-order valence-electron chi connectivity index (χ3n) is 4.81. The highest BCUT2D eigenvalue weighted by molar-refractivity contribution is 5.49. The minimum atomic E-state index is 0.606. The van der Waals surface area contributed by atoms with Crippen molar-refractivity contribution in [3.05, 3.63) is 54.6 Å². The molecule has 0 radical (unpaired) electrons. The fourth-order valence-electron chi connectivity index (χ4n) is 3.64. The van der Waals surface area contributed by atoms with E-state index in [-0.39, 0.29) is 0 Å². The van der Waals surface area contributed by atoms with E-state index in [2.05, 4.69) is 41.4 Å². The fourth-order valence-corrected chi connectivity index (χ4v) is 3.64. The van der Waals surface area contributed by atoms with Crippen molar-refractivity contribution in [2.24, 2.45) is 13.0 Å². The van der Waals surface area contributed by atoms with Crippen molar-refractivity contribution in [1.82, 2.24) is 34.6 Å². The first kappa shape index (κ1) is 17.5. The zero-order chi connectivity index (χ0) is 18.5. The summed E-state index contributed by atoms with van der Waals surface area (Å²) in [6.07, 6.45) is 14.1. The molecule has 3 aromatic rings. The lowest BCUT2D eigenvalue weighted by Gasteiger charge is -2.32. The van der Waals surface area contributed by atoms with Gasteiger partial charge in [0.25, 0.3) is 0 Å². The van der Waals surface area contributed by atoms with Crippen LogP contribution >= 0.6 is 0 Å². The van der Waals surface area contributed by atoms with E-state index in [0.29, 0.717) is 11.7 Å². The minimum Gasteiger partial charge on any atom is -0.324 e. The average molecular weight is 364 g/mol. The molecule has 0 aliphatic carbocycles. The lowest BCUT2D eigenvalue weighted by atomic mass is 9.93. The van der Waals surface area contributed by atoms with Gasteiger partial charge in [0.2, 0.25) is 0 Å². The maximum Gasteiger partial charge on any atom is 0.150 e. The molecule has 0 bridgehead atoms. The molecule has 0 saturated carbocycles. The maximum atomic E-state index is 4.47. The maximum absolute atomic E-state index is 4.47. The number of piperidine rings is 1. The lowest BCUT2D eigenvalue weighted by molar-refractivity contribution is 0.166. The molecule has 0 spiro atoms. The van der Waals surface area contributed by atoms with Gasteiger partial charge in [0.15, 0.2) is 0 Å². The standard InChI is InChI=1S/C19H24N8/c1-26-11-16(9-24-26)13-27-6-2-3-15(12-27)7-17-8-18(23-14-22-17)25-19-10-20-4-5-21-19/h4-5,8-11,14-15H,2-3,6-7,12-13H2,1H3,(H,21,22,23,25)/t15-/m1/s1. The number of aromatic nitrogens is 6. The van der Waals surface area contributed by atoms with Crippen molar-refractivity contribution in [2.75, 3.05) is 18.4 Å². The molecule has 1 aliphatic heterocycles. The zero-order valence-electron chi connectivity index (χ0n) is 15.5. The van der Waals surface area contributed by atoms with Crippen LogP contribution in [0.15, 0.2) is 43.4 Å². The summed E-state index contributed by atoms with van der Waals surface area (Å²) in [5.41, 5.74) is 2.33. The second kappa shape index (κ2) is 8.22. The van der Waals surface area contributed by atoms with Crippen LogP contribution in [0.3, 0.4) is 0 Å². The molecule has 0 unspecified atom stereocenters. The Morgan fingerprint density at radius 3 is 2.93 bits per heavy atom. The van der Waals surface area contributed by atoms with Gasteiger partial charge in [0.05, 0.1) is 12.4 Å². The second-order valence-electron chi connectivity index (χ2n) is 7.08. The molecule has 1 fully saturated rings. The van der Waals surface area contributed by atoms with E-state index in [4.69, 9.17) is 0 Å². The molecular formula is C19H24N8. The lowest BCUT2D eigenvalue weighted by Crippen LogP contribution is -2.35. The summed E-state index contributed by atoms with van der Waals surface area (Å²) < 4.78 is 1.86. The van der Waals surface area contributed by atoms with Crippen molar-refractivity contribution in [3.8, 4) is 0 Å². The Morgan fingerprint density at radius 2 is 2.11 bits per heavy atom. The van der Waals surface area contributed by atoms with Crippen LogP contribution in [0, 0.1) is 5.92 Å². The molecule has 8 nitrogen and oxygen atoms in total. The molecule has 8 heteroatoms. The summed E-state index contributed by atoms with van der Waals surface area (Å²) in [6.45, 7) is 3.20. The van der Waals surface area contributed by atoms with E-state index < -0.39 is 0 Å². The number of likely N-dealkylation sites (tertiary alicyclic amines) is 1. The summed E-state index contributed by atoms with van der Waals surface area (Å²) >= 11 is 0. The highest BCUT2D eigenvalue weighted by Crippen LogP contribution is 2.22. The summed E-state index contributed by atoms with van der Waals surface area (Å²) in [6, 6.07) is 2.01. The molecule has 1 aliphatic rings. The third kappa shape index (κ3) is 4.85. The molecule has 0 amide bonds. The largest absolute Gasteiger partial charge is 0.324 e. The molecule has 3 aromatic heterocycles. The summed E-state index contributed by atoms with van der Waals surface area (Å²) in [4.78, 5) is 19.6. The molecule has 4 rings (SSSR count). The zero-order valence-corrected chi connectivity index (χ0v) is 15.5. The van der Waals surface area contributed by atoms with E-state index in [1.165, 1.54) is 18.4 Å². The van der Waals surface area contributed by atoms with Crippen LogP contribution in [0.25, 0.3) is 0 Å². The summed E-state index contributed by atoms with van der Waals surface area (Å²) in [7, 11) is 1.96. The molecule has 0 aromatic carbocycles. The van der Waals surface area contributed by atoms with Crippen molar-refractivity contribution in [1.29, 1.82) is 0 Å². The molecule has 27 heavy (non-hydrogen) atoms. The van der Waals surface area contributed by atoms with Crippen molar-refractivity contribution < 1.29 is 0 Å². The Labute approximate surface area is 158 Å². The monoisotopic (exact) mass is 364 g/mol. The molecule has 1 saturated heterocycles. The molecular weight excluding hydrogens is 340 g/mol. The van der Waals surface area contributed by atoms with Crippen LogP contribution in [0.2, 0.25) is 0 Å². The molecule has 140 valence electrons. The van der Waals surface area contributed by atoms with Gasteiger partial charge in [-0.15, -0.1) is 0 Å². The Kier molecular flexibility index (Phi) is 5.34. The Bertz CT molecular complexity index is 863. The number of nitrogens with zero attached hydrogens (tertiary/aromatic N) is 7. The van der Waals surface area contributed by atoms with Gasteiger partial charge in [-0.05, 0) is 31.7 Å². The minimum absolute atomic E-state index is 0.606. The molecule has 1 atom stereocenters. The van der Waals surface area contributed by atoms with Crippen molar-refractivity contribution in [3.63, 3.8) is 0 Å². The fraction of sp³-hybridized carbons (Fsp3) is 0.421. The first-order valence-electron chi connectivity index (χ1n) is 9.28. The van der Waals surface area contributed by atoms with Gasteiger partial charge in [-0.3, -0.25) is 14.6 Å². The number of anilines is 2. The predicted molar refractivity (Wildman–Crippen MR) is 102 cm³/mol. The van der Waals surface area contributed by atoms with Gasteiger partial charge in [-0.2, -0.15) is 5.10 Å². The van der Waals surface area contributed by atoms with Crippen molar-refractivity contribution in [2.45, 2.75) is 25.8 Å². The molecule has 1 N–H and O–H groups in total. The first-order chi connectivity index (χ1) is 13.2. The number of hydrogen-bond donors (Lipinski definition) is 1. The normalized spacial score (nSPS) is 17.7. The number of rotatable bonds is 6. The van der Waals surface area contributed by atoms with E-state index in [0.717, 1.165) is 37.6 Å².